The third kappa shape index (κ3) is 3.59. The van der Waals surface area contributed by atoms with E-state index in [4.69, 9.17) is 0 Å². The van der Waals surface area contributed by atoms with E-state index in [1.54, 1.807) is 4.90 Å². The van der Waals surface area contributed by atoms with E-state index in [1.165, 1.54) is 0 Å². The van der Waals surface area contributed by atoms with Crippen LogP contribution in [0.1, 0.15) is 23.1 Å². The van der Waals surface area contributed by atoms with Gasteiger partial charge in [-0.25, -0.2) is 0 Å². The van der Waals surface area contributed by atoms with E-state index >= 15 is 0 Å². The molecule has 0 fully saturated rings. The van der Waals surface area contributed by atoms with E-state index in [0.717, 1.165) is 16.7 Å². The molecule has 0 radical (unpaired) electrons. The molecule has 1 amide bonds. The zero-order valence-electron chi connectivity index (χ0n) is 12.8. The highest BCUT2D eigenvalue weighted by Gasteiger charge is 2.28. The smallest absolute Gasteiger partial charge is 0.307 e. The SMILES string of the molecule is O=C(O)[C@H](CC(=O)N1Cc2ccccc2C1)Cc1ccccc1. The van der Waals surface area contributed by atoms with Gasteiger partial charge in [0, 0.05) is 19.5 Å². The first-order valence-electron chi connectivity index (χ1n) is 7.75. The highest BCUT2D eigenvalue weighted by molar-refractivity contribution is 5.83. The van der Waals surface area contributed by atoms with Gasteiger partial charge in [0.15, 0.2) is 0 Å². The molecule has 1 aliphatic rings. The molecular weight excluding hydrogens is 290 g/mol. The quantitative estimate of drug-likeness (QED) is 0.924. The van der Waals surface area contributed by atoms with Crippen LogP contribution in [0.15, 0.2) is 54.6 Å². The molecule has 4 nitrogen and oxygen atoms in total. The molecule has 1 heterocycles. The molecule has 0 unspecified atom stereocenters. The van der Waals surface area contributed by atoms with Crippen molar-refractivity contribution in [3.05, 3.63) is 71.3 Å². The van der Waals surface area contributed by atoms with Crippen LogP contribution in [-0.4, -0.2) is 21.9 Å². The molecule has 0 aromatic heterocycles. The van der Waals surface area contributed by atoms with Crippen molar-refractivity contribution >= 4 is 11.9 Å². The van der Waals surface area contributed by atoms with E-state index in [1.807, 2.05) is 54.6 Å². The maximum Gasteiger partial charge on any atom is 0.307 e. The first-order valence-corrected chi connectivity index (χ1v) is 7.75. The van der Waals surface area contributed by atoms with Crippen LogP contribution in [0.5, 0.6) is 0 Å². The number of fused-ring (bicyclic) bond motifs is 1. The molecule has 0 aliphatic carbocycles. The van der Waals surface area contributed by atoms with Crippen LogP contribution in [0.4, 0.5) is 0 Å². The van der Waals surface area contributed by atoms with Crippen LogP contribution >= 0.6 is 0 Å². The van der Waals surface area contributed by atoms with E-state index in [2.05, 4.69) is 0 Å². The monoisotopic (exact) mass is 309 g/mol. The van der Waals surface area contributed by atoms with Gasteiger partial charge in [-0.15, -0.1) is 0 Å². The van der Waals surface area contributed by atoms with Crippen molar-refractivity contribution in [2.24, 2.45) is 5.92 Å². The molecule has 1 atom stereocenters. The summed E-state index contributed by atoms with van der Waals surface area (Å²) in [5.74, 6) is -1.70. The largest absolute Gasteiger partial charge is 0.481 e. The summed E-state index contributed by atoms with van der Waals surface area (Å²) in [4.78, 5) is 25.7. The Kier molecular flexibility index (Phi) is 4.42. The lowest BCUT2D eigenvalue weighted by atomic mass is 9.96. The molecule has 1 aliphatic heterocycles. The summed E-state index contributed by atoms with van der Waals surface area (Å²) >= 11 is 0. The lowest BCUT2D eigenvalue weighted by molar-refractivity contribution is -0.146. The number of hydrogen-bond acceptors (Lipinski definition) is 2. The van der Waals surface area contributed by atoms with Crippen molar-refractivity contribution in [1.29, 1.82) is 0 Å². The Hall–Kier alpha value is -2.62. The van der Waals surface area contributed by atoms with Crippen molar-refractivity contribution in [3.8, 4) is 0 Å². The standard InChI is InChI=1S/C19H19NO3/c21-18(20-12-15-8-4-5-9-16(15)13-20)11-17(19(22)23)10-14-6-2-1-3-7-14/h1-9,17H,10-13H2,(H,22,23)/t17-/m0/s1. The van der Waals surface area contributed by atoms with E-state index < -0.39 is 11.9 Å². The highest BCUT2D eigenvalue weighted by atomic mass is 16.4. The Balaban J connectivity index is 1.65. The Labute approximate surface area is 135 Å². The molecule has 2 aromatic carbocycles. The summed E-state index contributed by atoms with van der Waals surface area (Å²) in [5.41, 5.74) is 3.24. The predicted octanol–water partition coefficient (Wildman–Crippen LogP) is 2.86. The number of carboxylic acids is 1. The highest BCUT2D eigenvalue weighted by Crippen LogP contribution is 2.24. The topological polar surface area (TPSA) is 57.6 Å². The molecule has 23 heavy (non-hydrogen) atoms. The summed E-state index contributed by atoms with van der Waals surface area (Å²) in [6, 6.07) is 17.4. The fourth-order valence-corrected chi connectivity index (χ4v) is 2.99. The summed E-state index contributed by atoms with van der Waals surface area (Å²) < 4.78 is 0. The average molecular weight is 309 g/mol. The van der Waals surface area contributed by atoms with Crippen LogP contribution in [0.25, 0.3) is 0 Å². The summed E-state index contributed by atoms with van der Waals surface area (Å²) in [6.07, 6.45) is 0.418. The number of benzene rings is 2. The van der Waals surface area contributed by atoms with Crippen LogP contribution < -0.4 is 0 Å². The van der Waals surface area contributed by atoms with Crippen molar-refractivity contribution < 1.29 is 14.7 Å². The van der Waals surface area contributed by atoms with Crippen LogP contribution in [0.2, 0.25) is 0 Å². The molecule has 3 rings (SSSR count). The van der Waals surface area contributed by atoms with Crippen LogP contribution in [-0.2, 0) is 29.1 Å². The number of hydrogen-bond donors (Lipinski definition) is 1. The molecule has 4 heteroatoms. The van der Waals surface area contributed by atoms with Crippen LogP contribution in [0.3, 0.4) is 0 Å². The fraction of sp³-hybridized carbons (Fsp3) is 0.263. The second-order valence-electron chi connectivity index (χ2n) is 5.95. The minimum absolute atomic E-state index is 0.0399. The third-order valence-electron chi connectivity index (χ3n) is 4.29. The Morgan fingerprint density at radius 2 is 1.52 bits per heavy atom. The third-order valence-corrected chi connectivity index (χ3v) is 4.29. The molecular formula is C19H19NO3. The van der Waals surface area contributed by atoms with Gasteiger partial charge >= 0.3 is 5.97 Å². The molecule has 0 bridgehead atoms. The molecule has 118 valence electrons. The minimum atomic E-state index is -0.918. The minimum Gasteiger partial charge on any atom is -0.481 e. The second-order valence-corrected chi connectivity index (χ2v) is 5.95. The number of aliphatic carboxylic acids is 1. The van der Waals surface area contributed by atoms with Gasteiger partial charge in [0.2, 0.25) is 5.91 Å². The number of carbonyl (C=O) groups excluding carboxylic acids is 1. The number of nitrogens with zero attached hydrogens (tertiary/aromatic N) is 1. The van der Waals surface area contributed by atoms with Gasteiger partial charge in [-0.05, 0) is 23.1 Å². The van der Waals surface area contributed by atoms with Gasteiger partial charge in [-0.1, -0.05) is 54.6 Å². The van der Waals surface area contributed by atoms with Crippen LogP contribution in [0, 0.1) is 5.92 Å². The maximum absolute atomic E-state index is 12.5. The van der Waals surface area contributed by atoms with Gasteiger partial charge < -0.3 is 10.0 Å². The summed E-state index contributed by atoms with van der Waals surface area (Å²) in [6.45, 7) is 1.15. The molecule has 1 N–H and O–H groups in total. The normalized spacial score (nSPS) is 14.3. The number of amides is 1. The van der Waals surface area contributed by atoms with Crippen molar-refractivity contribution in [3.63, 3.8) is 0 Å². The zero-order chi connectivity index (χ0) is 16.2. The molecule has 0 saturated carbocycles. The van der Waals surface area contributed by atoms with Crippen molar-refractivity contribution in [2.75, 3.05) is 0 Å². The summed E-state index contributed by atoms with van der Waals surface area (Å²) in [5, 5.41) is 9.43. The van der Waals surface area contributed by atoms with Gasteiger partial charge in [-0.3, -0.25) is 9.59 Å². The number of carboxylic acid groups (broad SMARTS) is 1. The van der Waals surface area contributed by atoms with Gasteiger partial charge in [0.05, 0.1) is 5.92 Å². The van der Waals surface area contributed by atoms with Gasteiger partial charge in [0.25, 0.3) is 0 Å². The summed E-state index contributed by atoms with van der Waals surface area (Å²) in [7, 11) is 0. The Bertz CT molecular complexity index is 687. The lowest BCUT2D eigenvalue weighted by Gasteiger charge is -2.18. The van der Waals surface area contributed by atoms with Crippen molar-refractivity contribution in [1.82, 2.24) is 4.90 Å². The lowest BCUT2D eigenvalue weighted by Crippen LogP contribution is -2.30. The maximum atomic E-state index is 12.5. The molecule has 2 aromatic rings. The van der Waals surface area contributed by atoms with Gasteiger partial charge in [-0.2, -0.15) is 0 Å². The number of carbonyl (C=O) groups is 2. The van der Waals surface area contributed by atoms with E-state index in [0.29, 0.717) is 19.5 Å². The Morgan fingerprint density at radius 1 is 0.957 bits per heavy atom. The predicted molar refractivity (Wildman–Crippen MR) is 86.6 cm³/mol. The fourth-order valence-electron chi connectivity index (χ4n) is 2.99. The van der Waals surface area contributed by atoms with Crippen molar-refractivity contribution in [2.45, 2.75) is 25.9 Å². The Morgan fingerprint density at radius 3 is 2.09 bits per heavy atom. The average Bonchev–Trinajstić information content (AvgIpc) is 2.99. The second kappa shape index (κ2) is 6.65. The van der Waals surface area contributed by atoms with E-state index in [-0.39, 0.29) is 12.3 Å². The molecule has 0 spiro atoms. The molecule has 0 saturated heterocycles. The van der Waals surface area contributed by atoms with Gasteiger partial charge in [0.1, 0.15) is 0 Å². The number of rotatable bonds is 5. The zero-order valence-corrected chi connectivity index (χ0v) is 12.8. The first-order chi connectivity index (χ1) is 11.1. The first kappa shape index (κ1) is 15.3. The van der Waals surface area contributed by atoms with E-state index in [9.17, 15) is 14.7 Å².